The van der Waals surface area contributed by atoms with Crippen LogP contribution in [0.25, 0.3) is 11.0 Å². The molecule has 0 radical (unpaired) electrons. The largest absolute Gasteiger partial charge is 0.396 e. The molecule has 0 saturated carbocycles. The number of aromatic nitrogens is 2. The SMILES string of the molecule is Cc1cc2c(nc(C)n2C)c(N)c1Br. The molecule has 1 aromatic heterocycles. The highest BCUT2D eigenvalue weighted by Gasteiger charge is 2.11. The summed E-state index contributed by atoms with van der Waals surface area (Å²) in [6.07, 6.45) is 0. The molecule has 2 N–H and O–H groups in total. The lowest BCUT2D eigenvalue weighted by Gasteiger charge is -2.04. The second kappa shape index (κ2) is 2.98. The molecule has 3 nitrogen and oxygen atoms in total. The van der Waals surface area contributed by atoms with E-state index >= 15 is 0 Å². The Hall–Kier alpha value is -1.03. The number of nitrogens with zero attached hydrogens (tertiary/aromatic N) is 2. The van der Waals surface area contributed by atoms with Gasteiger partial charge in [-0.05, 0) is 41.4 Å². The highest BCUT2D eigenvalue weighted by molar-refractivity contribution is 9.10. The van der Waals surface area contributed by atoms with E-state index < -0.39 is 0 Å². The Kier molecular flexibility index (Phi) is 2.03. The molecule has 0 aliphatic heterocycles. The maximum Gasteiger partial charge on any atom is 0.113 e. The number of rotatable bonds is 0. The van der Waals surface area contributed by atoms with Crippen LogP contribution in [0.3, 0.4) is 0 Å². The third-order valence-electron chi connectivity index (χ3n) is 2.55. The summed E-state index contributed by atoms with van der Waals surface area (Å²) in [5, 5.41) is 0. The van der Waals surface area contributed by atoms with E-state index in [0.717, 1.165) is 32.6 Å². The molecule has 2 aromatic rings. The lowest BCUT2D eigenvalue weighted by molar-refractivity contribution is 0.885. The number of aryl methyl sites for hydroxylation is 3. The molecule has 0 saturated heterocycles. The summed E-state index contributed by atoms with van der Waals surface area (Å²) in [7, 11) is 2.00. The maximum atomic E-state index is 5.98. The van der Waals surface area contributed by atoms with Crippen molar-refractivity contribution in [1.29, 1.82) is 0 Å². The summed E-state index contributed by atoms with van der Waals surface area (Å²) >= 11 is 3.46. The molecule has 14 heavy (non-hydrogen) atoms. The van der Waals surface area contributed by atoms with Crippen LogP contribution in [0, 0.1) is 13.8 Å². The molecule has 0 aliphatic carbocycles. The van der Waals surface area contributed by atoms with Gasteiger partial charge >= 0.3 is 0 Å². The average molecular weight is 254 g/mol. The minimum atomic E-state index is 0.726. The summed E-state index contributed by atoms with van der Waals surface area (Å²) in [5.74, 6) is 0.976. The Morgan fingerprint density at radius 1 is 1.43 bits per heavy atom. The van der Waals surface area contributed by atoms with Crippen molar-refractivity contribution in [2.45, 2.75) is 13.8 Å². The van der Waals surface area contributed by atoms with E-state index in [4.69, 9.17) is 5.73 Å². The number of hydrogen-bond donors (Lipinski definition) is 1. The van der Waals surface area contributed by atoms with E-state index in [0.29, 0.717) is 0 Å². The molecule has 1 aromatic carbocycles. The van der Waals surface area contributed by atoms with Gasteiger partial charge in [-0.25, -0.2) is 4.98 Å². The van der Waals surface area contributed by atoms with Crippen LogP contribution < -0.4 is 5.73 Å². The minimum Gasteiger partial charge on any atom is -0.396 e. The molecular formula is C10H12BrN3. The molecule has 2 rings (SSSR count). The topological polar surface area (TPSA) is 43.8 Å². The lowest BCUT2D eigenvalue weighted by Crippen LogP contribution is -1.93. The fraction of sp³-hybridized carbons (Fsp3) is 0.300. The monoisotopic (exact) mass is 253 g/mol. The van der Waals surface area contributed by atoms with Crippen molar-refractivity contribution >= 4 is 32.7 Å². The molecular weight excluding hydrogens is 242 g/mol. The molecule has 1 heterocycles. The molecule has 4 heteroatoms. The van der Waals surface area contributed by atoms with Gasteiger partial charge in [0.05, 0.1) is 11.2 Å². The number of nitrogen functional groups attached to an aromatic ring is 1. The highest BCUT2D eigenvalue weighted by atomic mass is 79.9. The number of fused-ring (bicyclic) bond motifs is 1. The normalized spacial score (nSPS) is 11.1. The van der Waals surface area contributed by atoms with E-state index in [2.05, 4.69) is 27.0 Å². The number of imidazole rings is 1. The second-order valence-corrected chi connectivity index (χ2v) is 4.30. The molecule has 74 valence electrons. The van der Waals surface area contributed by atoms with E-state index in [1.165, 1.54) is 0 Å². The zero-order chi connectivity index (χ0) is 10.5. The summed E-state index contributed by atoms with van der Waals surface area (Å²) in [5.41, 5.74) is 9.80. The van der Waals surface area contributed by atoms with Crippen LogP contribution in [-0.2, 0) is 7.05 Å². The zero-order valence-electron chi connectivity index (χ0n) is 8.43. The van der Waals surface area contributed by atoms with Crippen LogP contribution in [-0.4, -0.2) is 9.55 Å². The third-order valence-corrected chi connectivity index (χ3v) is 3.61. The highest BCUT2D eigenvalue weighted by Crippen LogP contribution is 2.31. The van der Waals surface area contributed by atoms with Crippen molar-refractivity contribution in [1.82, 2.24) is 9.55 Å². The Labute approximate surface area is 91.1 Å². The van der Waals surface area contributed by atoms with Crippen molar-refractivity contribution in [3.63, 3.8) is 0 Å². The van der Waals surface area contributed by atoms with E-state index in [9.17, 15) is 0 Å². The number of anilines is 1. The van der Waals surface area contributed by atoms with Gasteiger partial charge in [-0.2, -0.15) is 0 Å². The van der Waals surface area contributed by atoms with Crippen molar-refractivity contribution < 1.29 is 0 Å². The smallest absolute Gasteiger partial charge is 0.113 e. The zero-order valence-corrected chi connectivity index (χ0v) is 10.0. The second-order valence-electron chi connectivity index (χ2n) is 3.51. The first-order valence-corrected chi connectivity index (χ1v) is 5.19. The molecule has 0 aliphatic rings. The van der Waals surface area contributed by atoms with Gasteiger partial charge in [0.2, 0.25) is 0 Å². The first-order valence-electron chi connectivity index (χ1n) is 4.40. The van der Waals surface area contributed by atoms with Gasteiger partial charge in [-0.15, -0.1) is 0 Å². The number of halogens is 1. The standard InChI is InChI=1S/C10H12BrN3/c1-5-4-7-10(9(12)8(5)11)13-6(2)14(7)3/h4H,12H2,1-3H3. The van der Waals surface area contributed by atoms with Crippen molar-refractivity contribution in [2.75, 3.05) is 5.73 Å². The van der Waals surface area contributed by atoms with Gasteiger partial charge in [0.25, 0.3) is 0 Å². The minimum absolute atomic E-state index is 0.726. The van der Waals surface area contributed by atoms with Gasteiger partial charge in [0.1, 0.15) is 11.3 Å². The third kappa shape index (κ3) is 1.14. The van der Waals surface area contributed by atoms with Crippen molar-refractivity contribution in [3.05, 3.63) is 21.9 Å². The number of nitrogens with two attached hydrogens (primary N) is 1. The van der Waals surface area contributed by atoms with Crippen LogP contribution in [0.1, 0.15) is 11.4 Å². The van der Waals surface area contributed by atoms with Crippen LogP contribution in [0.15, 0.2) is 10.5 Å². The summed E-state index contributed by atoms with van der Waals surface area (Å²) in [6.45, 7) is 4.00. The first kappa shape index (κ1) is 9.52. The van der Waals surface area contributed by atoms with Gasteiger partial charge < -0.3 is 10.3 Å². The predicted octanol–water partition coefficient (Wildman–Crippen LogP) is 2.53. The Balaban J connectivity index is 2.98. The van der Waals surface area contributed by atoms with Crippen LogP contribution in [0.2, 0.25) is 0 Å². The van der Waals surface area contributed by atoms with Crippen LogP contribution >= 0.6 is 15.9 Å². The summed E-state index contributed by atoms with van der Waals surface area (Å²) in [4.78, 5) is 4.42. The molecule has 0 unspecified atom stereocenters. The molecule has 0 amide bonds. The predicted molar refractivity (Wildman–Crippen MR) is 62.3 cm³/mol. The first-order chi connectivity index (χ1) is 6.52. The molecule has 0 fully saturated rings. The number of benzene rings is 1. The van der Waals surface area contributed by atoms with Gasteiger partial charge in [0, 0.05) is 11.5 Å². The molecule has 0 bridgehead atoms. The van der Waals surface area contributed by atoms with E-state index in [1.54, 1.807) is 0 Å². The van der Waals surface area contributed by atoms with E-state index in [1.807, 2.05) is 25.5 Å². The Bertz CT molecular complexity index is 514. The summed E-state index contributed by atoms with van der Waals surface area (Å²) in [6, 6.07) is 2.09. The van der Waals surface area contributed by atoms with Crippen molar-refractivity contribution in [2.24, 2.45) is 7.05 Å². The van der Waals surface area contributed by atoms with Gasteiger partial charge in [-0.1, -0.05) is 0 Å². The fourth-order valence-corrected chi connectivity index (χ4v) is 1.88. The van der Waals surface area contributed by atoms with Crippen LogP contribution in [0.4, 0.5) is 5.69 Å². The number of hydrogen-bond acceptors (Lipinski definition) is 2. The van der Waals surface area contributed by atoms with Crippen LogP contribution in [0.5, 0.6) is 0 Å². The van der Waals surface area contributed by atoms with Crippen molar-refractivity contribution in [3.8, 4) is 0 Å². The Morgan fingerprint density at radius 3 is 2.71 bits per heavy atom. The maximum absolute atomic E-state index is 5.98. The quantitative estimate of drug-likeness (QED) is 0.734. The lowest BCUT2D eigenvalue weighted by atomic mass is 10.2. The average Bonchev–Trinajstić information content (AvgIpc) is 2.42. The molecule has 0 atom stereocenters. The fourth-order valence-electron chi connectivity index (χ4n) is 1.58. The van der Waals surface area contributed by atoms with E-state index in [-0.39, 0.29) is 0 Å². The Morgan fingerprint density at radius 2 is 2.07 bits per heavy atom. The summed E-state index contributed by atoms with van der Waals surface area (Å²) < 4.78 is 2.99. The van der Waals surface area contributed by atoms with Gasteiger partial charge in [0.15, 0.2) is 0 Å². The van der Waals surface area contributed by atoms with Gasteiger partial charge in [-0.3, -0.25) is 0 Å². The molecule has 0 spiro atoms.